The van der Waals surface area contributed by atoms with E-state index in [1.807, 2.05) is 6.92 Å². The number of hydrogen-bond donors (Lipinski definition) is 1. The number of aryl methyl sites for hydroxylation is 1. The first-order chi connectivity index (χ1) is 9.76. The van der Waals surface area contributed by atoms with Gasteiger partial charge in [0.15, 0.2) is 0 Å². The van der Waals surface area contributed by atoms with Crippen LogP contribution in [0.15, 0.2) is 12.4 Å². The number of sulfonamides is 1. The summed E-state index contributed by atoms with van der Waals surface area (Å²) >= 11 is 0. The van der Waals surface area contributed by atoms with Crippen LogP contribution in [0, 0.1) is 18.8 Å². The van der Waals surface area contributed by atoms with E-state index in [0.717, 1.165) is 17.9 Å². The molecule has 1 fully saturated rings. The van der Waals surface area contributed by atoms with Crippen LogP contribution in [-0.4, -0.2) is 48.7 Å². The summed E-state index contributed by atoms with van der Waals surface area (Å²) in [6.07, 6.45) is 4.61. The maximum atomic E-state index is 11.5. The first-order valence-electron chi connectivity index (χ1n) is 7.22. The molecule has 0 saturated carbocycles. The third-order valence-corrected chi connectivity index (χ3v) is 4.75. The van der Waals surface area contributed by atoms with Crippen LogP contribution in [0.2, 0.25) is 0 Å². The van der Waals surface area contributed by atoms with Crippen LogP contribution in [0.3, 0.4) is 0 Å². The summed E-state index contributed by atoms with van der Waals surface area (Å²) in [6.45, 7) is 8.53. The third-order valence-electron chi connectivity index (χ3n) is 4.02. The van der Waals surface area contributed by atoms with Gasteiger partial charge in [-0.05, 0) is 18.8 Å². The third kappa shape index (κ3) is 5.15. The largest absolute Gasteiger partial charge is 0.296 e. The molecule has 0 aliphatic carbocycles. The molecule has 0 radical (unpaired) electrons. The maximum Gasteiger partial charge on any atom is 0.209 e. The summed E-state index contributed by atoms with van der Waals surface area (Å²) in [5.74, 6) is 0.744. The van der Waals surface area contributed by atoms with Gasteiger partial charge in [-0.15, -0.1) is 12.4 Å². The second-order valence-electron chi connectivity index (χ2n) is 6.19. The van der Waals surface area contributed by atoms with Gasteiger partial charge in [0, 0.05) is 38.1 Å². The monoisotopic (exact) mass is 348 g/mol. The lowest BCUT2D eigenvalue weighted by Crippen LogP contribution is -2.41. The van der Waals surface area contributed by atoms with Crippen molar-refractivity contribution in [1.82, 2.24) is 19.6 Å². The highest BCUT2D eigenvalue weighted by molar-refractivity contribution is 7.88. The van der Waals surface area contributed by atoms with Crippen molar-refractivity contribution in [1.29, 1.82) is 0 Å². The van der Waals surface area contributed by atoms with E-state index in [0.29, 0.717) is 24.9 Å². The zero-order valence-corrected chi connectivity index (χ0v) is 15.1. The van der Waals surface area contributed by atoms with Crippen molar-refractivity contribution in [2.24, 2.45) is 11.8 Å². The predicted octanol–water partition coefficient (Wildman–Crippen LogP) is 1.21. The molecule has 0 aromatic carbocycles. The fraction of sp³-hybridized carbons (Fsp3) is 0.714. The summed E-state index contributed by atoms with van der Waals surface area (Å²) in [6, 6.07) is -0.0306. The van der Waals surface area contributed by atoms with Crippen LogP contribution in [-0.2, 0) is 16.6 Å². The summed E-state index contributed by atoms with van der Waals surface area (Å²) in [5.41, 5.74) is 1.89. The number of halogens is 1. The van der Waals surface area contributed by atoms with Crippen LogP contribution in [0.4, 0.5) is 0 Å². The number of rotatable bonds is 5. The van der Waals surface area contributed by atoms with Crippen molar-refractivity contribution >= 4 is 22.4 Å². The fourth-order valence-corrected chi connectivity index (χ4v) is 3.72. The molecule has 0 unspecified atom stereocenters. The van der Waals surface area contributed by atoms with Gasteiger partial charge in [0.05, 0.1) is 17.6 Å². The Morgan fingerprint density at radius 2 is 1.95 bits per heavy atom. The lowest BCUT2D eigenvalue weighted by atomic mass is 9.92. The van der Waals surface area contributed by atoms with Gasteiger partial charge in [-0.25, -0.2) is 13.1 Å². The predicted molar refractivity (Wildman–Crippen MR) is 89.4 cm³/mol. The molecule has 0 spiro atoms. The first-order valence-corrected chi connectivity index (χ1v) is 9.11. The molecule has 126 valence electrons. The Bertz CT molecular complexity index is 594. The van der Waals surface area contributed by atoms with Crippen molar-refractivity contribution in [2.45, 2.75) is 33.4 Å². The molecule has 0 bridgehead atoms. The second-order valence-corrected chi connectivity index (χ2v) is 7.97. The molecular weight excluding hydrogens is 324 g/mol. The van der Waals surface area contributed by atoms with Crippen LogP contribution in [0.1, 0.15) is 25.2 Å². The Balaban J connectivity index is 0.00000242. The van der Waals surface area contributed by atoms with Crippen LogP contribution < -0.4 is 4.72 Å². The highest BCUT2D eigenvalue weighted by atomic mass is 35.5. The number of aromatic nitrogens is 2. The van der Waals surface area contributed by atoms with Gasteiger partial charge < -0.3 is 0 Å². The molecule has 1 aliphatic rings. The molecule has 6 nitrogen and oxygen atoms in total. The molecule has 1 aromatic rings. The zero-order valence-electron chi connectivity index (χ0n) is 13.5. The van der Waals surface area contributed by atoms with E-state index in [9.17, 15) is 8.42 Å². The number of hydrogen-bond acceptors (Lipinski definition) is 5. The van der Waals surface area contributed by atoms with Crippen molar-refractivity contribution in [3.63, 3.8) is 0 Å². The topological polar surface area (TPSA) is 75.2 Å². The van der Waals surface area contributed by atoms with Crippen molar-refractivity contribution in [2.75, 3.05) is 19.3 Å². The quantitative estimate of drug-likeness (QED) is 0.865. The van der Waals surface area contributed by atoms with Crippen molar-refractivity contribution < 1.29 is 8.42 Å². The minimum absolute atomic E-state index is 0. The molecule has 8 heteroatoms. The van der Waals surface area contributed by atoms with E-state index in [-0.39, 0.29) is 18.4 Å². The Morgan fingerprint density at radius 1 is 1.32 bits per heavy atom. The molecule has 1 saturated heterocycles. The number of nitrogens with one attached hydrogen (secondary N) is 1. The Kier molecular flexibility index (Phi) is 6.73. The van der Waals surface area contributed by atoms with E-state index in [1.165, 1.54) is 6.26 Å². The summed E-state index contributed by atoms with van der Waals surface area (Å²) < 4.78 is 25.8. The Labute approximate surface area is 139 Å². The Morgan fingerprint density at radius 3 is 2.50 bits per heavy atom. The van der Waals surface area contributed by atoms with Gasteiger partial charge >= 0.3 is 0 Å². The molecule has 2 atom stereocenters. The van der Waals surface area contributed by atoms with E-state index < -0.39 is 10.0 Å². The second kappa shape index (κ2) is 7.68. The van der Waals surface area contributed by atoms with Crippen LogP contribution in [0.5, 0.6) is 0 Å². The van der Waals surface area contributed by atoms with Crippen molar-refractivity contribution in [3.8, 4) is 0 Å². The van der Waals surface area contributed by atoms with E-state index in [1.54, 1.807) is 12.4 Å². The average Bonchev–Trinajstić information content (AvgIpc) is 2.73. The summed E-state index contributed by atoms with van der Waals surface area (Å²) in [5, 5.41) is 0. The molecule has 2 rings (SSSR count). The van der Waals surface area contributed by atoms with Crippen LogP contribution in [0.25, 0.3) is 0 Å². The smallest absolute Gasteiger partial charge is 0.209 e. The molecule has 1 aromatic heterocycles. The van der Waals surface area contributed by atoms with E-state index in [4.69, 9.17) is 0 Å². The molecule has 1 N–H and O–H groups in total. The molecule has 0 amide bonds. The van der Waals surface area contributed by atoms with Crippen molar-refractivity contribution in [3.05, 3.63) is 23.8 Å². The minimum atomic E-state index is -3.18. The van der Waals surface area contributed by atoms with Crippen LogP contribution >= 0.6 is 12.4 Å². The van der Waals surface area contributed by atoms with Gasteiger partial charge in [0.25, 0.3) is 0 Å². The SMILES string of the molecule is Cc1nccnc1CN1C[C@H](NS(C)(=O)=O)[C@@H](C(C)C)C1.Cl. The summed E-state index contributed by atoms with van der Waals surface area (Å²) in [7, 11) is -3.18. The summed E-state index contributed by atoms with van der Waals surface area (Å²) in [4.78, 5) is 10.9. The lowest BCUT2D eigenvalue weighted by molar-refractivity contribution is 0.292. The fourth-order valence-electron chi connectivity index (χ4n) is 2.92. The highest BCUT2D eigenvalue weighted by Crippen LogP contribution is 2.26. The highest BCUT2D eigenvalue weighted by Gasteiger charge is 2.36. The minimum Gasteiger partial charge on any atom is -0.296 e. The standard InChI is InChI=1S/C14H24N4O2S.ClH/c1-10(2)12-7-18(9-14(12)17-21(4,19)20)8-13-11(3)15-5-6-16-13;/h5-6,10,12,14,17H,7-9H2,1-4H3;1H/t12-,14+;/m1./s1. The lowest BCUT2D eigenvalue weighted by Gasteiger charge is -2.21. The zero-order chi connectivity index (χ0) is 15.6. The molecular formula is C14H25ClN4O2S. The number of likely N-dealkylation sites (tertiary alicyclic amines) is 1. The van der Waals surface area contributed by atoms with Gasteiger partial charge in [-0.2, -0.15) is 0 Å². The first kappa shape index (κ1) is 19.3. The van der Waals surface area contributed by atoms with Gasteiger partial charge in [0.2, 0.25) is 10.0 Å². The number of nitrogens with zero attached hydrogens (tertiary/aromatic N) is 3. The van der Waals surface area contributed by atoms with E-state index in [2.05, 4.69) is 33.4 Å². The van der Waals surface area contributed by atoms with Gasteiger partial charge in [-0.1, -0.05) is 13.8 Å². The van der Waals surface area contributed by atoms with E-state index >= 15 is 0 Å². The molecule has 22 heavy (non-hydrogen) atoms. The Hall–Kier alpha value is -0.760. The molecule has 2 heterocycles. The maximum absolute atomic E-state index is 11.5. The molecule has 1 aliphatic heterocycles. The van der Waals surface area contributed by atoms with Gasteiger partial charge in [-0.3, -0.25) is 14.9 Å². The van der Waals surface area contributed by atoms with Gasteiger partial charge in [0.1, 0.15) is 0 Å². The average molecular weight is 349 g/mol. The normalized spacial score (nSPS) is 22.8.